The van der Waals surface area contributed by atoms with Crippen LogP contribution in [0.1, 0.15) is 34.3 Å². The monoisotopic (exact) mass is 352 g/mol. The molecule has 0 atom stereocenters. The smallest absolute Gasteiger partial charge is 0.317 e. The van der Waals surface area contributed by atoms with Gasteiger partial charge in [-0.3, -0.25) is 9.78 Å². The lowest BCUT2D eigenvalue weighted by Crippen LogP contribution is -2.49. The number of likely N-dealkylation sites (tertiary alicyclic amines) is 1. The van der Waals surface area contributed by atoms with Gasteiger partial charge < -0.3 is 15.5 Å². The summed E-state index contributed by atoms with van der Waals surface area (Å²) in [7, 11) is 0. The van der Waals surface area contributed by atoms with Crippen molar-refractivity contribution in [2.75, 3.05) is 13.1 Å². The molecule has 0 spiro atoms. The lowest BCUT2D eigenvalue weighted by molar-refractivity contribution is 0.0917. The van der Waals surface area contributed by atoms with Crippen molar-refractivity contribution in [1.82, 2.24) is 20.5 Å². The SMILES string of the molecule is Cc1ccc(CNC(=O)N2CCC(NC(=O)c3ccncc3)CC2)cc1. The first kappa shape index (κ1) is 17.9. The standard InChI is InChI=1S/C20H24N4O2/c1-15-2-4-16(5-3-15)14-22-20(26)24-12-8-18(9-13-24)23-19(25)17-6-10-21-11-7-17/h2-7,10-11,18H,8-9,12-14H2,1H3,(H,22,26)(H,23,25). The van der Waals surface area contributed by atoms with Crippen molar-refractivity contribution in [3.05, 3.63) is 65.5 Å². The summed E-state index contributed by atoms with van der Waals surface area (Å²) in [6, 6.07) is 11.6. The van der Waals surface area contributed by atoms with Crippen molar-refractivity contribution in [2.45, 2.75) is 32.4 Å². The Kier molecular flexibility index (Phi) is 5.84. The molecule has 6 nitrogen and oxygen atoms in total. The maximum Gasteiger partial charge on any atom is 0.317 e. The molecule has 0 saturated carbocycles. The summed E-state index contributed by atoms with van der Waals surface area (Å²) >= 11 is 0. The Morgan fingerprint density at radius 1 is 1.08 bits per heavy atom. The van der Waals surface area contributed by atoms with E-state index in [9.17, 15) is 9.59 Å². The molecule has 136 valence electrons. The third kappa shape index (κ3) is 4.81. The van der Waals surface area contributed by atoms with Gasteiger partial charge in [0.2, 0.25) is 0 Å². The van der Waals surface area contributed by atoms with Crippen LogP contribution in [0.25, 0.3) is 0 Å². The van der Waals surface area contributed by atoms with Crippen molar-refractivity contribution in [3.8, 4) is 0 Å². The van der Waals surface area contributed by atoms with Gasteiger partial charge in [0.1, 0.15) is 0 Å². The molecule has 0 bridgehead atoms. The van der Waals surface area contributed by atoms with Gasteiger partial charge in [0, 0.05) is 43.6 Å². The predicted octanol–water partition coefficient (Wildman–Crippen LogP) is 2.49. The lowest BCUT2D eigenvalue weighted by Gasteiger charge is -2.32. The fourth-order valence-corrected chi connectivity index (χ4v) is 2.99. The van der Waals surface area contributed by atoms with Crippen LogP contribution in [0.2, 0.25) is 0 Å². The molecule has 1 aromatic heterocycles. The Hall–Kier alpha value is -2.89. The highest BCUT2D eigenvalue weighted by molar-refractivity contribution is 5.94. The summed E-state index contributed by atoms with van der Waals surface area (Å²) < 4.78 is 0. The van der Waals surface area contributed by atoms with E-state index in [4.69, 9.17) is 0 Å². The van der Waals surface area contributed by atoms with E-state index in [0.29, 0.717) is 25.2 Å². The van der Waals surface area contributed by atoms with Crippen LogP contribution in [0.3, 0.4) is 0 Å². The van der Waals surface area contributed by atoms with Crippen LogP contribution in [0, 0.1) is 6.92 Å². The first-order valence-electron chi connectivity index (χ1n) is 8.91. The Labute approximate surface area is 153 Å². The second-order valence-electron chi connectivity index (χ2n) is 6.61. The van der Waals surface area contributed by atoms with Gasteiger partial charge in [-0.05, 0) is 37.5 Å². The van der Waals surface area contributed by atoms with Crippen molar-refractivity contribution in [3.63, 3.8) is 0 Å². The zero-order chi connectivity index (χ0) is 18.4. The molecule has 1 aliphatic heterocycles. The second-order valence-corrected chi connectivity index (χ2v) is 6.61. The van der Waals surface area contributed by atoms with Crippen LogP contribution in [0.4, 0.5) is 4.79 Å². The second kappa shape index (κ2) is 8.47. The van der Waals surface area contributed by atoms with Crippen molar-refractivity contribution in [2.24, 2.45) is 0 Å². The molecule has 1 saturated heterocycles. The lowest BCUT2D eigenvalue weighted by atomic mass is 10.0. The molecule has 1 aromatic carbocycles. The Morgan fingerprint density at radius 3 is 2.38 bits per heavy atom. The third-order valence-electron chi connectivity index (χ3n) is 4.62. The summed E-state index contributed by atoms with van der Waals surface area (Å²) in [6.07, 6.45) is 4.73. The molecule has 0 aliphatic carbocycles. The number of nitrogens with one attached hydrogen (secondary N) is 2. The number of piperidine rings is 1. The Balaban J connectivity index is 1.42. The summed E-state index contributed by atoms with van der Waals surface area (Å²) in [5.74, 6) is -0.0883. The number of amides is 3. The highest BCUT2D eigenvalue weighted by Crippen LogP contribution is 2.12. The maximum absolute atomic E-state index is 12.3. The van der Waals surface area contributed by atoms with Crippen LogP contribution < -0.4 is 10.6 Å². The van der Waals surface area contributed by atoms with Crippen LogP contribution in [-0.4, -0.2) is 41.0 Å². The largest absolute Gasteiger partial charge is 0.349 e. The average Bonchev–Trinajstić information content (AvgIpc) is 2.68. The molecule has 0 radical (unpaired) electrons. The quantitative estimate of drug-likeness (QED) is 0.888. The van der Waals surface area contributed by atoms with Crippen LogP contribution in [0.15, 0.2) is 48.8 Å². The first-order chi connectivity index (χ1) is 12.6. The van der Waals surface area contributed by atoms with Gasteiger partial charge in [-0.15, -0.1) is 0 Å². The molecule has 3 rings (SSSR count). The van der Waals surface area contributed by atoms with E-state index in [2.05, 4.69) is 15.6 Å². The number of rotatable bonds is 4. The highest BCUT2D eigenvalue weighted by Gasteiger charge is 2.24. The molecule has 2 aromatic rings. The summed E-state index contributed by atoms with van der Waals surface area (Å²) in [5.41, 5.74) is 2.90. The van der Waals surface area contributed by atoms with E-state index in [1.807, 2.05) is 36.1 Å². The topological polar surface area (TPSA) is 74.3 Å². The van der Waals surface area contributed by atoms with Gasteiger partial charge >= 0.3 is 6.03 Å². The minimum Gasteiger partial charge on any atom is -0.349 e. The number of pyridine rings is 1. The zero-order valence-electron chi connectivity index (χ0n) is 14.9. The van der Waals surface area contributed by atoms with Gasteiger partial charge in [0.25, 0.3) is 5.91 Å². The minimum atomic E-state index is -0.0883. The molecule has 2 N–H and O–H groups in total. The van der Waals surface area contributed by atoms with Crippen molar-refractivity contribution in [1.29, 1.82) is 0 Å². The number of carbonyl (C=O) groups is 2. The third-order valence-corrected chi connectivity index (χ3v) is 4.62. The predicted molar refractivity (Wildman–Crippen MR) is 99.7 cm³/mol. The van der Waals surface area contributed by atoms with Gasteiger partial charge in [0.05, 0.1) is 0 Å². The fraction of sp³-hybridized carbons (Fsp3) is 0.350. The normalized spacial score (nSPS) is 14.7. The molecule has 3 amide bonds. The molecule has 26 heavy (non-hydrogen) atoms. The van der Waals surface area contributed by atoms with Crippen LogP contribution >= 0.6 is 0 Å². The van der Waals surface area contributed by atoms with E-state index < -0.39 is 0 Å². The van der Waals surface area contributed by atoms with Gasteiger partial charge in [-0.2, -0.15) is 0 Å². The fourth-order valence-electron chi connectivity index (χ4n) is 2.99. The first-order valence-corrected chi connectivity index (χ1v) is 8.91. The number of aromatic nitrogens is 1. The Bertz CT molecular complexity index is 738. The molecular formula is C20H24N4O2. The average molecular weight is 352 g/mol. The van der Waals surface area contributed by atoms with E-state index in [1.54, 1.807) is 24.5 Å². The van der Waals surface area contributed by atoms with Gasteiger partial charge in [-0.1, -0.05) is 29.8 Å². The summed E-state index contributed by atoms with van der Waals surface area (Å²) in [4.78, 5) is 30.2. The zero-order valence-corrected chi connectivity index (χ0v) is 14.9. The highest BCUT2D eigenvalue weighted by atomic mass is 16.2. The molecule has 6 heteroatoms. The van der Waals surface area contributed by atoms with E-state index >= 15 is 0 Å². The van der Waals surface area contributed by atoms with E-state index in [1.165, 1.54) is 5.56 Å². The Morgan fingerprint density at radius 2 is 1.73 bits per heavy atom. The minimum absolute atomic E-state index is 0.0514. The van der Waals surface area contributed by atoms with Gasteiger partial charge in [-0.25, -0.2) is 4.79 Å². The summed E-state index contributed by atoms with van der Waals surface area (Å²) in [6.45, 7) is 3.85. The number of nitrogens with zero attached hydrogens (tertiary/aromatic N) is 2. The number of carbonyl (C=O) groups excluding carboxylic acids is 2. The molecule has 1 fully saturated rings. The van der Waals surface area contributed by atoms with Crippen molar-refractivity contribution < 1.29 is 9.59 Å². The maximum atomic E-state index is 12.3. The number of hydrogen-bond donors (Lipinski definition) is 2. The number of aryl methyl sites for hydroxylation is 1. The van der Waals surface area contributed by atoms with E-state index in [-0.39, 0.29) is 18.0 Å². The molecular weight excluding hydrogens is 328 g/mol. The molecule has 1 aliphatic rings. The van der Waals surface area contributed by atoms with E-state index in [0.717, 1.165) is 18.4 Å². The van der Waals surface area contributed by atoms with Crippen molar-refractivity contribution >= 4 is 11.9 Å². The number of urea groups is 1. The molecule has 2 heterocycles. The van der Waals surface area contributed by atoms with Crippen LogP contribution in [-0.2, 0) is 6.54 Å². The van der Waals surface area contributed by atoms with Gasteiger partial charge in [0.15, 0.2) is 0 Å². The number of hydrogen-bond acceptors (Lipinski definition) is 3. The number of benzene rings is 1. The molecule has 0 unspecified atom stereocenters. The van der Waals surface area contributed by atoms with Crippen LogP contribution in [0.5, 0.6) is 0 Å². The summed E-state index contributed by atoms with van der Waals surface area (Å²) in [5, 5.41) is 5.99.